The maximum Gasteiger partial charge on any atom is 0.0908 e. The van der Waals surface area contributed by atoms with Gasteiger partial charge in [-0.15, -0.1) is 0 Å². The monoisotopic (exact) mass is 95.1 g/mol. The molecule has 0 aromatic heterocycles. The zero-order valence-corrected chi connectivity index (χ0v) is 4.04. The molecule has 7 heavy (non-hydrogen) atoms. The van der Waals surface area contributed by atoms with E-state index in [1.807, 2.05) is 6.08 Å². The van der Waals surface area contributed by atoms with Gasteiger partial charge in [0.05, 0.1) is 6.34 Å². The summed E-state index contributed by atoms with van der Waals surface area (Å²) in [5.74, 6) is 0. The molecule has 0 saturated carbocycles. The summed E-state index contributed by atoms with van der Waals surface area (Å²) in [6.07, 6.45) is 5.41. The summed E-state index contributed by atoms with van der Waals surface area (Å²) < 4.78 is 0. The summed E-state index contributed by atoms with van der Waals surface area (Å²) in [7, 11) is 3.63. The second-order valence-corrected chi connectivity index (χ2v) is 1.42. The molecule has 0 aliphatic carbocycles. The Morgan fingerprint density at radius 1 is 1.71 bits per heavy atom. The largest absolute Gasteiger partial charge is 0.357 e. The van der Waals surface area contributed by atoms with Crippen LogP contribution in [0, 0.1) is 7.05 Å². The summed E-state index contributed by atoms with van der Waals surface area (Å²) in [4.78, 5) is 5.58. The molecule has 1 radical (unpaired) electrons. The second kappa shape index (κ2) is 1.78. The molecule has 1 heterocycles. The Morgan fingerprint density at radius 3 is 2.86 bits per heavy atom. The van der Waals surface area contributed by atoms with Crippen LogP contribution < -0.4 is 0 Å². The molecule has 37 valence electrons. The van der Waals surface area contributed by atoms with Crippen LogP contribution in [0.5, 0.6) is 0 Å². The molecule has 0 amide bonds. The normalized spacial score (nSPS) is 18.1. The van der Waals surface area contributed by atoms with Crippen LogP contribution in [0.2, 0.25) is 0 Å². The van der Waals surface area contributed by atoms with E-state index in [-0.39, 0.29) is 0 Å². The van der Waals surface area contributed by atoms with Crippen LogP contribution in [0.25, 0.3) is 0 Å². The van der Waals surface area contributed by atoms with Gasteiger partial charge in [-0.3, -0.25) is 0 Å². The minimum absolute atomic E-state index is 0.878. The predicted octanol–water partition coefficient (Wildman–Crippen LogP) is 0.636. The Kier molecular flexibility index (Phi) is 1.11. The first-order chi connectivity index (χ1) is 3.39. The number of rotatable bonds is 0. The third kappa shape index (κ3) is 1.03. The molecule has 2 nitrogen and oxygen atoms in total. The van der Waals surface area contributed by atoms with Gasteiger partial charge in [-0.1, -0.05) is 0 Å². The van der Waals surface area contributed by atoms with E-state index in [0.29, 0.717) is 0 Å². The van der Waals surface area contributed by atoms with Crippen LogP contribution >= 0.6 is 0 Å². The zero-order chi connectivity index (χ0) is 5.11. The molecule has 0 bridgehead atoms. The van der Waals surface area contributed by atoms with E-state index in [9.17, 15) is 0 Å². The second-order valence-electron chi connectivity index (χ2n) is 1.42. The fourth-order valence-electron chi connectivity index (χ4n) is 0.423. The molecule has 0 N–H and O–H groups in total. The summed E-state index contributed by atoms with van der Waals surface area (Å²) in [5, 5.41) is 0. The molecule has 0 fully saturated rings. The van der Waals surface area contributed by atoms with Crippen molar-refractivity contribution in [1.82, 2.24) is 4.90 Å². The molecule has 0 unspecified atom stereocenters. The van der Waals surface area contributed by atoms with Crippen molar-refractivity contribution < 1.29 is 0 Å². The summed E-state index contributed by atoms with van der Waals surface area (Å²) in [6.45, 7) is 0.878. The van der Waals surface area contributed by atoms with Gasteiger partial charge in [-0.25, -0.2) is 4.99 Å². The van der Waals surface area contributed by atoms with Crippen molar-refractivity contribution in [2.45, 2.75) is 0 Å². The lowest BCUT2D eigenvalue weighted by molar-refractivity contribution is 0.626. The van der Waals surface area contributed by atoms with Crippen molar-refractivity contribution in [2.24, 2.45) is 4.99 Å². The van der Waals surface area contributed by atoms with Gasteiger partial charge in [0.25, 0.3) is 0 Å². The molecule has 0 aromatic carbocycles. The quantitative estimate of drug-likeness (QED) is 0.431. The number of hydrogen-bond donors (Lipinski definition) is 0. The van der Waals surface area contributed by atoms with Gasteiger partial charge in [0.2, 0.25) is 0 Å². The van der Waals surface area contributed by atoms with Crippen molar-refractivity contribution >= 4 is 6.34 Å². The summed E-state index contributed by atoms with van der Waals surface area (Å²) in [6, 6.07) is 0. The molecule has 1 rings (SSSR count). The van der Waals surface area contributed by atoms with Gasteiger partial charge in [0.1, 0.15) is 0 Å². The molecule has 2 heteroatoms. The third-order valence-electron chi connectivity index (χ3n) is 0.761. The van der Waals surface area contributed by atoms with E-state index < -0.39 is 0 Å². The fraction of sp³-hybridized carbons (Fsp3) is 0.200. The minimum atomic E-state index is 0.878. The van der Waals surface area contributed by atoms with Gasteiger partial charge in [0.15, 0.2) is 0 Å². The summed E-state index contributed by atoms with van der Waals surface area (Å²) in [5.41, 5.74) is 0. The van der Waals surface area contributed by atoms with Crippen LogP contribution in [0.3, 0.4) is 0 Å². The number of hydrogen-bond acceptors (Lipinski definition) is 2. The Hall–Kier alpha value is -0.790. The molecule has 0 spiro atoms. The molecule has 0 aromatic rings. The average Bonchev–Trinajstić information content (AvgIpc) is 1.69. The Labute approximate surface area is 43.2 Å². The van der Waals surface area contributed by atoms with Crippen molar-refractivity contribution in [3.8, 4) is 0 Å². The predicted molar refractivity (Wildman–Crippen MR) is 29.7 cm³/mol. The molecule has 0 atom stereocenters. The summed E-state index contributed by atoms with van der Waals surface area (Å²) >= 11 is 0. The van der Waals surface area contributed by atoms with E-state index >= 15 is 0 Å². The lowest BCUT2D eigenvalue weighted by Gasteiger charge is -2.09. The first-order valence-corrected chi connectivity index (χ1v) is 2.15. The van der Waals surface area contributed by atoms with Gasteiger partial charge in [-0.05, 0) is 6.08 Å². The highest BCUT2D eigenvalue weighted by molar-refractivity contribution is 5.57. The van der Waals surface area contributed by atoms with Crippen molar-refractivity contribution in [2.75, 3.05) is 6.54 Å². The maximum absolute atomic E-state index is 3.82. The molecule has 1 aliphatic rings. The Balaban J connectivity index is 2.49. The molecule has 0 saturated heterocycles. The van der Waals surface area contributed by atoms with Crippen LogP contribution in [-0.2, 0) is 0 Å². The van der Waals surface area contributed by atoms with Gasteiger partial charge < -0.3 is 4.90 Å². The number of aliphatic imine (C=N–C) groups is 1. The van der Waals surface area contributed by atoms with Crippen molar-refractivity contribution in [1.29, 1.82) is 0 Å². The topological polar surface area (TPSA) is 15.6 Å². The van der Waals surface area contributed by atoms with E-state index in [0.717, 1.165) is 6.54 Å². The highest BCUT2D eigenvalue weighted by atomic mass is 15.1. The van der Waals surface area contributed by atoms with Gasteiger partial charge in [-0.2, -0.15) is 0 Å². The first kappa shape index (κ1) is 4.37. The standard InChI is InChI=1S/C5H7N2/c1-7-4-2-3-6-5-7/h2-3,5H,1,4H2. The van der Waals surface area contributed by atoms with Crippen LogP contribution in [0.15, 0.2) is 17.3 Å². The van der Waals surface area contributed by atoms with Crippen LogP contribution in [0.4, 0.5) is 0 Å². The SMILES string of the molecule is [CH2]N1C=NC=CC1. The fourth-order valence-corrected chi connectivity index (χ4v) is 0.423. The first-order valence-electron chi connectivity index (χ1n) is 2.15. The van der Waals surface area contributed by atoms with Gasteiger partial charge >= 0.3 is 0 Å². The lowest BCUT2D eigenvalue weighted by Crippen LogP contribution is -2.14. The molecule has 1 aliphatic heterocycles. The molecular formula is C5H7N2. The Morgan fingerprint density at radius 2 is 2.57 bits per heavy atom. The smallest absolute Gasteiger partial charge is 0.0908 e. The number of nitrogens with zero attached hydrogens (tertiary/aromatic N) is 2. The maximum atomic E-state index is 3.82. The van der Waals surface area contributed by atoms with Crippen LogP contribution in [-0.4, -0.2) is 17.8 Å². The van der Waals surface area contributed by atoms with Crippen molar-refractivity contribution in [3.05, 3.63) is 19.3 Å². The van der Waals surface area contributed by atoms with Gasteiger partial charge in [0, 0.05) is 19.8 Å². The van der Waals surface area contributed by atoms with E-state index in [1.165, 1.54) is 0 Å². The lowest BCUT2D eigenvalue weighted by atomic mass is 10.5. The Bertz CT molecular complexity index is 105. The minimum Gasteiger partial charge on any atom is -0.357 e. The highest BCUT2D eigenvalue weighted by Crippen LogP contribution is 1.87. The zero-order valence-electron chi connectivity index (χ0n) is 4.04. The third-order valence-corrected chi connectivity index (χ3v) is 0.761. The average molecular weight is 95.1 g/mol. The van der Waals surface area contributed by atoms with Crippen molar-refractivity contribution in [3.63, 3.8) is 0 Å². The van der Waals surface area contributed by atoms with Crippen LogP contribution in [0.1, 0.15) is 0 Å². The van der Waals surface area contributed by atoms with E-state index in [2.05, 4.69) is 12.0 Å². The highest BCUT2D eigenvalue weighted by Gasteiger charge is 1.87. The van der Waals surface area contributed by atoms with E-state index in [4.69, 9.17) is 0 Å². The molecular weight excluding hydrogens is 88.1 g/mol. The van der Waals surface area contributed by atoms with E-state index in [1.54, 1.807) is 17.4 Å².